The fraction of sp³-hybridized carbons (Fsp3) is 0.286. The molecule has 88 valence electrons. The van der Waals surface area contributed by atoms with Gasteiger partial charge >= 0.3 is 0 Å². The predicted molar refractivity (Wildman–Crippen MR) is 76.2 cm³/mol. The molecule has 3 unspecified atom stereocenters. The molecule has 1 heterocycles. The topological polar surface area (TPSA) is 26.0 Å². The van der Waals surface area contributed by atoms with Gasteiger partial charge < -0.3 is 5.73 Å². The van der Waals surface area contributed by atoms with Gasteiger partial charge in [-0.3, -0.25) is 0 Å². The molecule has 3 rings (SSSR count). The van der Waals surface area contributed by atoms with Crippen LogP contribution in [0.2, 0.25) is 0 Å². The molecule has 0 spiro atoms. The highest BCUT2D eigenvalue weighted by Gasteiger charge is 2.43. The van der Waals surface area contributed by atoms with Gasteiger partial charge in [0.1, 0.15) is 0 Å². The number of hydrogen-bond acceptors (Lipinski definition) is 2. The van der Waals surface area contributed by atoms with Crippen molar-refractivity contribution in [3.63, 3.8) is 0 Å². The van der Waals surface area contributed by atoms with Crippen molar-refractivity contribution in [3.05, 3.63) is 56.7 Å². The molecule has 2 N–H and O–H groups in total. The summed E-state index contributed by atoms with van der Waals surface area (Å²) in [6.45, 7) is 0. The van der Waals surface area contributed by atoms with E-state index < -0.39 is 0 Å². The molecule has 1 aliphatic rings. The maximum atomic E-state index is 6.33. The number of nitrogens with two attached hydrogens (primary N) is 1. The second kappa shape index (κ2) is 4.56. The van der Waals surface area contributed by atoms with Gasteiger partial charge in [-0.15, -0.1) is 11.3 Å². The van der Waals surface area contributed by atoms with Gasteiger partial charge in [0.2, 0.25) is 0 Å². The molecule has 1 fully saturated rings. The fourth-order valence-corrected chi connectivity index (χ4v) is 3.93. The Hall–Kier alpha value is -0.640. The Morgan fingerprint density at radius 2 is 2.06 bits per heavy atom. The van der Waals surface area contributed by atoms with Crippen LogP contribution in [0, 0.1) is 5.92 Å². The van der Waals surface area contributed by atoms with E-state index in [2.05, 4.69) is 57.7 Å². The molecular weight excluding hydrogens is 294 g/mol. The maximum Gasteiger partial charge on any atom is 0.0424 e. The quantitative estimate of drug-likeness (QED) is 0.898. The minimum absolute atomic E-state index is 0.191. The van der Waals surface area contributed by atoms with Gasteiger partial charge in [0.25, 0.3) is 0 Å². The lowest BCUT2D eigenvalue weighted by Gasteiger charge is -2.08. The normalized spacial score (nSPS) is 24.6. The lowest BCUT2D eigenvalue weighted by atomic mass is 10.1. The summed E-state index contributed by atoms with van der Waals surface area (Å²) in [5, 5.41) is 2.11. The summed E-state index contributed by atoms with van der Waals surface area (Å²) in [4.78, 5) is 1.29. The molecule has 1 aromatic carbocycles. The summed E-state index contributed by atoms with van der Waals surface area (Å²) in [5.74, 6) is 1.27. The Bertz CT molecular complexity index is 508. The molecule has 0 radical (unpaired) electrons. The molecule has 0 bridgehead atoms. The smallest absolute Gasteiger partial charge is 0.0424 e. The van der Waals surface area contributed by atoms with Crippen LogP contribution in [0.15, 0.2) is 46.3 Å². The van der Waals surface area contributed by atoms with Crippen molar-refractivity contribution < 1.29 is 0 Å². The van der Waals surface area contributed by atoms with Crippen LogP contribution in [0.25, 0.3) is 0 Å². The van der Waals surface area contributed by atoms with E-state index in [1.54, 1.807) is 11.3 Å². The van der Waals surface area contributed by atoms with Crippen LogP contribution in [-0.4, -0.2) is 0 Å². The van der Waals surface area contributed by atoms with Crippen molar-refractivity contribution in [1.29, 1.82) is 0 Å². The van der Waals surface area contributed by atoms with Crippen LogP contribution in [0.3, 0.4) is 0 Å². The Morgan fingerprint density at radius 1 is 1.29 bits per heavy atom. The standard InChI is InChI=1S/C14H14BrNS/c15-10-6-13(17-8-10)14(16)12-7-11(12)9-4-2-1-3-5-9/h1-6,8,11-12,14H,7,16H2. The number of rotatable bonds is 3. The molecule has 1 aliphatic carbocycles. The van der Waals surface area contributed by atoms with Crippen molar-refractivity contribution in [1.82, 2.24) is 0 Å². The van der Waals surface area contributed by atoms with Gasteiger partial charge in [0.15, 0.2) is 0 Å². The first-order valence-electron chi connectivity index (χ1n) is 5.80. The minimum atomic E-state index is 0.191. The first kappa shape index (κ1) is 11.5. The molecule has 17 heavy (non-hydrogen) atoms. The first-order chi connectivity index (χ1) is 8.25. The molecule has 1 aromatic heterocycles. The highest BCUT2D eigenvalue weighted by atomic mass is 79.9. The van der Waals surface area contributed by atoms with Crippen LogP contribution in [0.1, 0.15) is 28.8 Å². The van der Waals surface area contributed by atoms with E-state index >= 15 is 0 Å². The molecule has 1 nitrogen and oxygen atoms in total. The van der Waals surface area contributed by atoms with E-state index in [1.807, 2.05) is 0 Å². The lowest BCUT2D eigenvalue weighted by Crippen LogP contribution is -2.11. The summed E-state index contributed by atoms with van der Waals surface area (Å²) in [5.41, 5.74) is 7.76. The monoisotopic (exact) mass is 307 g/mol. The van der Waals surface area contributed by atoms with E-state index in [-0.39, 0.29) is 6.04 Å². The van der Waals surface area contributed by atoms with Gasteiger partial charge in [-0.1, -0.05) is 30.3 Å². The van der Waals surface area contributed by atoms with Crippen molar-refractivity contribution in [2.45, 2.75) is 18.4 Å². The minimum Gasteiger partial charge on any atom is -0.323 e. The number of benzene rings is 1. The summed E-state index contributed by atoms with van der Waals surface area (Å²) in [6, 6.07) is 13.0. The second-order valence-electron chi connectivity index (χ2n) is 4.61. The van der Waals surface area contributed by atoms with Crippen molar-refractivity contribution in [2.24, 2.45) is 11.7 Å². The second-order valence-corrected chi connectivity index (χ2v) is 6.47. The zero-order chi connectivity index (χ0) is 11.8. The van der Waals surface area contributed by atoms with E-state index in [0.717, 1.165) is 4.47 Å². The highest BCUT2D eigenvalue weighted by molar-refractivity contribution is 9.10. The van der Waals surface area contributed by atoms with Crippen LogP contribution < -0.4 is 5.73 Å². The first-order valence-corrected chi connectivity index (χ1v) is 7.47. The van der Waals surface area contributed by atoms with E-state index in [0.29, 0.717) is 11.8 Å². The molecular formula is C14H14BrNS. The molecule has 2 aromatic rings. The van der Waals surface area contributed by atoms with E-state index in [1.165, 1.54) is 16.9 Å². The molecule has 0 saturated heterocycles. The van der Waals surface area contributed by atoms with Gasteiger partial charge in [0, 0.05) is 20.8 Å². The van der Waals surface area contributed by atoms with E-state index in [9.17, 15) is 0 Å². The Kier molecular flexibility index (Phi) is 3.07. The number of hydrogen-bond donors (Lipinski definition) is 1. The molecule has 3 atom stereocenters. The average Bonchev–Trinajstić information content (AvgIpc) is 3.05. The molecule has 3 heteroatoms. The van der Waals surface area contributed by atoms with Crippen LogP contribution in [0.5, 0.6) is 0 Å². The van der Waals surface area contributed by atoms with Gasteiger partial charge in [-0.25, -0.2) is 0 Å². The molecule has 1 saturated carbocycles. The van der Waals surface area contributed by atoms with E-state index in [4.69, 9.17) is 5.73 Å². The van der Waals surface area contributed by atoms with Crippen LogP contribution >= 0.6 is 27.3 Å². The largest absolute Gasteiger partial charge is 0.323 e. The third-order valence-corrected chi connectivity index (χ3v) is 5.24. The average molecular weight is 308 g/mol. The lowest BCUT2D eigenvalue weighted by molar-refractivity contribution is 0.626. The highest BCUT2D eigenvalue weighted by Crippen LogP contribution is 2.53. The third kappa shape index (κ3) is 2.32. The van der Waals surface area contributed by atoms with Crippen LogP contribution in [0.4, 0.5) is 0 Å². The summed E-state index contributed by atoms with van der Waals surface area (Å²) in [6.07, 6.45) is 1.22. The summed E-state index contributed by atoms with van der Waals surface area (Å²) in [7, 11) is 0. The SMILES string of the molecule is NC(c1cc(Br)cs1)C1CC1c1ccccc1. The maximum absolute atomic E-state index is 6.33. The zero-order valence-corrected chi connectivity index (χ0v) is 11.7. The van der Waals surface area contributed by atoms with Gasteiger partial charge in [0.05, 0.1) is 0 Å². The Labute approximate surface area is 114 Å². The van der Waals surface area contributed by atoms with Gasteiger partial charge in [-0.05, 0) is 45.8 Å². The van der Waals surface area contributed by atoms with Crippen molar-refractivity contribution in [3.8, 4) is 0 Å². The molecule has 0 aliphatic heterocycles. The fourth-order valence-electron chi connectivity index (χ4n) is 2.41. The molecule has 0 amide bonds. The summed E-state index contributed by atoms with van der Waals surface area (Å²) >= 11 is 5.24. The zero-order valence-electron chi connectivity index (χ0n) is 9.34. The summed E-state index contributed by atoms with van der Waals surface area (Å²) < 4.78 is 1.14. The van der Waals surface area contributed by atoms with Gasteiger partial charge in [-0.2, -0.15) is 0 Å². The van der Waals surface area contributed by atoms with Crippen molar-refractivity contribution in [2.75, 3.05) is 0 Å². The number of halogens is 1. The Balaban J connectivity index is 1.73. The predicted octanol–water partition coefficient (Wildman–Crippen LogP) is 4.31. The number of thiophene rings is 1. The Morgan fingerprint density at radius 3 is 2.71 bits per heavy atom. The third-order valence-electron chi connectivity index (χ3n) is 3.45. The van der Waals surface area contributed by atoms with Crippen LogP contribution in [-0.2, 0) is 0 Å². The van der Waals surface area contributed by atoms with Crippen molar-refractivity contribution >= 4 is 27.3 Å².